The molecule has 1 aliphatic rings. The Hall–Kier alpha value is -2.05. The van der Waals surface area contributed by atoms with Gasteiger partial charge in [0, 0.05) is 19.3 Å². The van der Waals surface area contributed by atoms with Crippen molar-refractivity contribution in [2.75, 3.05) is 19.8 Å². The van der Waals surface area contributed by atoms with Crippen molar-refractivity contribution in [2.45, 2.75) is 25.8 Å². The Kier molecular flexibility index (Phi) is 4.60. The molecule has 1 N–H and O–H groups in total. The molecule has 0 aromatic carbocycles. The van der Waals surface area contributed by atoms with Crippen molar-refractivity contribution < 1.29 is 9.84 Å². The molecule has 0 radical (unpaired) electrons. The Morgan fingerprint density at radius 3 is 2.95 bits per heavy atom. The van der Waals surface area contributed by atoms with Gasteiger partial charge in [0.05, 0.1) is 18.6 Å². The van der Waals surface area contributed by atoms with Crippen LogP contribution >= 0.6 is 0 Å². The number of ether oxygens (including phenoxy) is 1. The Morgan fingerprint density at radius 2 is 2.18 bits per heavy atom. The summed E-state index contributed by atoms with van der Waals surface area (Å²) in [6, 6.07) is 0.391. The first-order valence-electron chi connectivity index (χ1n) is 7.49. The van der Waals surface area contributed by atoms with Crippen molar-refractivity contribution >= 4 is 17.2 Å². The maximum absolute atomic E-state index is 9.00. The van der Waals surface area contributed by atoms with Crippen molar-refractivity contribution in [1.29, 1.82) is 0 Å². The number of imidazole rings is 1. The standard InChI is InChI=1S/C16H20N4O2/c1-12(9-21)3-2-4-14-15-16(18-10-17-14)20(11-19-15)13-5-7-22-8-6-13/h2-4,10-11,13,21H,5-9H2,1H3/b4-2+,12-3+. The van der Waals surface area contributed by atoms with Crippen molar-refractivity contribution in [2.24, 2.45) is 0 Å². The summed E-state index contributed by atoms with van der Waals surface area (Å²) in [6.45, 7) is 3.50. The van der Waals surface area contributed by atoms with E-state index in [0.29, 0.717) is 6.04 Å². The first-order valence-corrected chi connectivity index (χ1v) is 7.49. The molecule has 0 saturated carbocycles. The van der Waals surface area contributed by atoms with Crippen molar-refractivity contribution in [3.05, 3.63) is 36.1 Å². The van der Waals surface area contributed by atoms with Crippen LogP contribution in [0, 0.1) is 0 Å². The van der Waals surface area contributed by atoms with E-state index < -0.39 is 0 Å². The van der Waals surface area contributed by atoms with Gasteiger partial charge >= 0.3 is 0 Å². The van der Waals surface area contributed by atoms with Crippen molar-refractivity contribution in [3.8, 4) is 0 Å². The highest BCUT2D eigenvalue weighted by atomic mass is 16.5. The molecule has 0 unspecified atom stereocenters. The van der Waals surface area contributed by atoms with Gasteiger partial charge in [-0.05, 0) is 31.4 Å². The second-order valence-electron chi connectivity index (χ2n) is 5.46. The van der Waals surface area contributed by atoms with E-state index in [1.165, 1.54) is 0 Å². The van der Waals surface area contributed by atoms with Gasteiger partial charge in [-0.25, -0.2) is 15.0 Å². The van der Waals surface area contributed by atoms with Gasteiger partial charge in [0.2, 0.25) is 0 Å². The topological polar surface area (TPSA) is 73.1 Å². The van der Waals surface area contributed by atoms with Crippen molar-refractivity contribution in [3.63, 3.8) is 0 Å². The lowest BCUT2D eigenvalue weighted by atomic mass is 10.1. The largest absolute Gasteiger partial charge is 0.392 e. The lowest BCUT2D eigenvalue weighted by Gasteiger charge is -2.23. The zero-order chi connectivity index (χ0) is 15.4. The lowest BCUT2D eigenvalue weighted by Crippen LogP contribution is -2.19. The first kappa shape index (κ1) is 14.9. The molecule has 2 aromatic rings. The maximum atomic E-state index is 9.00. The molecule has 22 heavy (non-hydrogen) atoms. The second-order valence-corrected chi connectivity index (χ2v) is 5.46. The summed E-state index contributed by atoms with van der Waals surface area (Å²) >= 11 is 0. The normalized spacial score (nSPS) is 17.6. The summed E-state index contributed by atoms with van der Waals surface area (Å²) in [4.78, 5) is 13.2. The van der Waals surface area contributed by atoms with Crippen LogP contribution in [-0.4, -0.2) is 44.4 Å². The Bertz CT molecular complexity index is 699. The van der Waals surface area contributed by atoms with E-state index in [2.05, 4.69) is 19.5 Å². The van der Waals surface area contributed by atoms with Crippen LogP contribution in [0.15, 0.2) is 30.4 Å². The monoisotopic (exact) mass is 300 g/mol. The number of aromatic nitrogens is 4. The lowest BCUT2D eigenvalue weighted by molar-refractivity contribution is 0.0704. The molecule has 1 aliphatic heterocycles. The highest BCUT2D eigenvalue weighted by Crippen LogP contribution is 2.25. The molecular formula is C16H20N4O2. The number of aliphatic hydroxyl groups is 1. The highest BCUT2D eigenvalue weighted by molar-refractivity contribution is 5.80. The molecule has 1 fully saturated rings. The maximum Gasteiger partial charge on any atom is 0.164 e. The van der Waals surface area contributed by atoms with Gasteiger partial charge in [0.1, 0.15) is 11.8 Å². The summed E-state index contributed by atoms with van der Waals surface area (Å²) in [5.74, 6) is 0. The second kappa shape index (κ2) is 6.81. The Labute approximate surface area is 129 Å². The van der Waals surface area contributed by atoms with Crippen LogP contribution in [0.2, 0.25) is 0 Å². The minimum absolute atomic E-state index is 0.0574. The molecule has 0 aliphatic carbocycles. The van der Waals surface area contributed by atoms with Gasteiger partial charge in [0.15, 0.2) is 5.65 Å². The van der Waals surface area contributed by atoms with Crippen LogP contribution in [0.4, 0.5) is 0 Å². The molecule has 1 saturated heterocycles. The van der Waals surface area contributed by atoms with Crippen LogP contribution < -0.4 is 0 Å². The number of aliphatic hydroxyl groups excluding tert-OH is 1. The molecule has 2 aromatic heterocycles. The van der Waals surface area contributed by atoms with Gasteiger partial charge in [0.25, 0.3) is 0 Å². The van der Waals surface area contributed by atoms with E-state index in [4.69, 9.17) is 9.84 Å². The van der Waals surface area contributed by atoms with Gasteiger partial charge in [-0.15, -0.1) is 0 Å². The molecule has 0 amide bonds. The summed E-state index contributed by atoms with van der Waals surface area (Å²) < 4.78 is 7.55. The predicted molar refractivity (Wildman–Crippen MR) is 84.3 cm³/mol. The molecule has 116 valence electrons. The zero-order valence-corrected chi connectivity index (χ0v) is 12.6. The molecule has 0 spiro atoms. The SMILES string of the molecule is C/C(=C\C=C\c1ncnc2c1ncn2C1CCOCC1)CO. The molecule has 6 nitrogen and oxygen atoms in total. The molecule has 3 rings (SSSR count). The minimum atomic E-state index is 0.0574. The highest BCUT2D eigenvalue weighted by Gasteiger charge is 2.19. The Morgan fingerprint density at radius 1 is 1.36 bits per heavy atom. The molecule has 0 bridgehead atoms. The van der Waals surface area contributed by atoms with Crippen LogP contribution in [0.5, 0.6) is 0 Å². The van der Waals surface area contributed by atoms with Crippen molar-refractivity contribution in [1.82, 2.24) is 19.5 Å². The molecule has 3 heterocycles. The fourth-order valence-electron chi connectivity index (χ4n) is 2.58. The van der Waals surface area contributed by atoms with Crippen LogP contribution in [0.25, 0.3) is 17.2 Å². The van der Waals surface area contributed by atoms with E-state index in [-0.39, 0.29) is 6.61 Å². The third-order valence-corrected chi connectivity index (χ3v) is 3.86. The van der Waals surface area contributed by atoms with E-state index >= 15 is 0 Å². The average Bonchev–Trinajstić information content (AvgIpc) is 3.00. The van der Waals surface area contributed by atoms with E-state index in [1.807, 2.05) is 31.5 Å². The smallest absolute Gasteiger partial charge is 0.164 e. The predicted octanol–water partition coefficient (Wildman–Crippen LogP) is 2.13. The third kappa shape index (κ3) is 3.08. The molecule has 6 heteroatoms. The van der Waals surface area contributed by atoms with Crippen LogP contribution in [-0.2, 0) is 4.74 Å². The van der Waals surface area contributed by atoms with E-state index in [1.54, 1.807) is 6.33 Å². The summed E-state index contributed by atoms with van der Waals surface area (Å²) in [5.41, 5.74) is 3.36. The number of hydrogen-bond acceptors (Lipinski definition) is 5. The number of nitrogens with zero attached hydrogens (tertiary/aromatic N) is 4. The fourth-order valence-corrected chi connectivity index (χ4v) is 2.58. The minimum Gasteiger partial charge on any atom is -0.392 e. The van der Waals surface area contributed by atoms with E-state index in [9.17, 15) is 0 Å². The zero-order valence-electron chi connectivity index (χ0n) is 12.6. The number of fused-ring (bicyclic) bond motifs is 1. The third-order valence-electron chi connectivity index (χ3n) is 3.86. The Balaban J connectivity index is 1.91. The quantitative estimate of drug-likeness (QED) is 0.876. The van der Waals surface area contributed by atoms with Gasteiger partial charge < -0.3 is 14.4 Å². The van der Waals surface area contributed by atoms with Crippen LogP contribution in [0.1, 0.15) is 31.5 Å². The average molecular weight is 300 g/mol. The van der Waals surface area contributed by atoms with E-state index in [0.717, 1.165) is 48.5 Å². The summed E-state index contributed by atoms with van der Waals surface area (Å²) in [6.07, 6.45) is 11.0. The summed E-state index contributed by atoms with van der Waals surface area (Å²) in [5, 5.41) is 9.00. The van der Waals surface area contributed by atoms with Gasteiger partial charge in [-0.2, -0.15) is 0 Å². The number of hydrogen-bond donors (Lipinski definition) is 1. The molecule has 0 atom stereocenters. The number of allylic oxidation sites excluding steroid dienone is 2. The van der Waals surface area contributed by atoms with Crippen LogP contribution in [0.3, 0.4) is 0 Å². The first-order chi connectivity index (χ1) is 10.8. The molecular weight excluding hydrogens is 280 g/mol. The fraction of sp³-hybridized carbons (Fsp3) is 0.438. The van der Waals surface area contributed by atoms with Gasteiger partial charge in [-0.1, -0.05) is 12.2 Å². The van der Waals surface area contributed by atoms with Gasteiger partial charge in [-0.3, -0.25) is 0 Å². The summed E-state index contributed by atoms with van der Waals surface area (Å²) in [7, 11) is 0. The number of rotatable bonds is 4.